The van der Waals surface area contributed by atoms with E-state index in [1.165, 1.54) is 11.3 Å². The van der Waals surface area contributed by atoms with E-state index < -0.39 is 12.6 Å². The molecule has 0 radical (unpaired) electrons. The smallest absolute Gasteiger partial charge is 0.357 e. The molecule has 0 saturated carbocycles. The number of rotatable bonds is 5. The van der Waals surface area contributed by atoms with Crippen molar-refractivity contribution in [3.63, 3.8) is 0 Å². The van der Waals surface area contributed by atoms with Gasteiger partial charge in [-0.15, -0.1) is 11.3 Å². The molecule has 19 heavy (non-hydrogen) atoms. The van der Waals surface area contributed by atoms with Crippen molar-refractivity contribution >= 4 is 17.3 Å². The molecule has 0 aliphatic rings. The largest absolute Gasteiger partial charge is 0.390 e. The Labute approximate surface area is 114 Å². The highest BCUT2D eigenvalue weighted by molar-refractivity contribution is 7.11. The second-order valence-electron chi connectivity index (χ2n) is 3.83. The van der Waals surface area contributed by atoms with E-state index in [1.54, 1.807) is 6.20 Å². The summed E-state index contributed by atoms with van der Waals surface area (Å²) >= 11 is 1.52. The van der Waals surface area contributed by atoms with Gasteiger partial charge in [0.15, 0.2) is 5.96 Å². The number of nitrogens with one attached hydrogen (secondary N) is 2. The lowest BCUT2D eigenvalue weighted by Crippen LogP contribution is -2.38. The van der Waals surface area contributed by atoms with Crippen molar-refractivity contribution in [3.8, 4) is 0 Å². The third-order valence-electron chi connectivity index (χ3n) is 2.11. The lowest BCUT2D eigenvalue weighted by molar-refractivity contribution is -0.132. The highest BCUT2D eigenvalue weighted by atomic mass is 32.1. The Hall–Kier alpha value is -1.31. The van der Waals surface area contributed by atoms with E-state index >= 15 is 0 Å². The molecule has 1 rings (SSSR count). The minimum atomic E-state index is -4.15. The van der Waals surface area contributed by atoms with Crippen LogP contribution in [0, 0.1) is 6.92 Å². The monoisotopic (exact) mass is 294 g/mol. The molecule has 0 spiro atoms. The molecule has 0 bridgehead atoms. The van der Waals surface area contributed by atoms with Gasteiger partial charge in [0.25, 0.3) is 0 Å². The Morgan fingerprint density at radius 3 is 2.68 bits per heavy atom. The van der Waals surface area contributed by atoms with Crippen molar-refractivity contribution in [2.75, 3.05) is 13.1 Å². The quantitative estimate of drug-likeness (QED) is 0.648. The average Bonchev–Trinajstić information content (AvgIpc) is 2.70. The molecule has 0 atom stereocenters. The number of halogens is 3. The van der Waals surface area contributed by atoms with Gasteiger partial charge >= 0.3 is 6.18 Å². The summed E-state index contributed by atoms with van der Waals surface area (Å²) < 4.78 is 36.1. The van der Waals surface area contributed by atoms with Crippen LogP contribution in [0.25, 0.3) is 0 Å². The molecule has 0 saturated heterocycles. The lowest BCUT2D eigenvalue weighted by Gasteiger charge is -2.12. The van der Waals surface area contributed by atoms with Gasteiger partial charge in [-0.2, -0.15) is 13.2 Å². The fraction of sp³-hybridized carbons (Fsp3) is 0.636. The van der Waals surface area contributed by atoms with Crippen LogP contribution in [-0.4, -0.2) is 30.2 Å². The fourth-order valence-electron chi connectivity index (χ4n) is 1.30. The van der Waals surface area contributed by atoms with Gasteiger partial charge in [-0.3, -0.25) is 0 Å². The number of aryl methyl sites for hydroxylation is 1. The van der Waals surface area contributed by atoms with Crippen LogP contribution in [0.2, 0.25) is 0 Å². The maximum Gasteiger partial charge on any atom is 0.390 e. The van der Waals surface area contributed by atoms with Crippen LogP contribution in [-0.2, 0) is 6.54 Å². The third-order valence-corrected chi connectivity index (χ3v) is 3.00. The molecule has 1 aromatic rings. The fourth-order valence-corrected chi connectivity index (χ4v) is 2.02. The van der Waals surface area contributed by atoms with Crippen LogP contribution in [0.15, 0.2) is 11.2 Å². The molecule has 0 aliphatic carbocycles. The number of aromatic nitrogens is 1. The van der Waals surface area contributed by atoms with Crippen LogP contribution >= 0.6 is 11.3 Å². The molecule has 1 heterocycles. The molecule has 0 aromatic carbocycles. The molecular formula is C11H17F3N4S. The number of hydrogen-bond donors (Lipinski definition) is 2. The highest BCUT2D eigenvalue weighted by Crippen LogP contribution is 2.18. The van der Waals surface area contributed by atoms with Crippen LogP contribution in [0.3, 0.4) is 0 Å². The first-order valence-corrected chi connectivity index (χ1v) is 6.72. The van der Waals surface area contributed by atoms with E-state index in [-0.39, 0.29) is 6.54 Å². The third kappa shape index (κ3) is 7.00. The van der Waals surface area contributed by atoms with Crippen molar-refractivity contribution in [1.29, 1.82) is 0 Å². The van der Waals surface area contributed by atoms with Crippen molar-refractivity contribution in [3.05, 3.63) is 16.1 Å². The van der Waals surface area contributed by atoms with E-state index in [1.807, 2.05) is 13.8 Å². The van der Waals surface area contributed by atoms with Gasteiger partial charge in [-0.25, -0.2) is 9.98 Å². The average molecular weight is 294 g/mol. The molecule has 108 valence electrons. The predicted molar refractivity (Wildman–Crippen MR) is 70.3 cm³/mol. The normalized spacial score (nSPS) is 12.6. The summed E-state index contributed by atoms with van der Waals surface area (Å²) in [6, 6.07) is 0. The topological polar surface area (TPSA) is 49.3 Å². The van der Waals surface area contributed by atoms with Crippen LogP contribution in [0.4, 0.5) is 13.2 Å². The Kier molecular flexibility index (Phi) is 6.07. The summed E-state index contributed by atoms with van der Waals surface area (Å²) in [5, 5.41) is 6.50. The van der Waals surface area contributed by atoms with E-state index in [0.717, 1.165) is 9.88 Å². The zero-order valence-corrected chi connectivity index (χ0v) is 11.7. The lowest BCUT2D eigenvalue weighted by atomic mass is 10.4. The minimum Gasteiger partial charge on any atom is -0.357 e. The molecular weight excluding hydrogens is 277 g/mol. The number of guanidine groups is 1. The molecule has 0 unspecified atom stereocenters. The number of nitrogens with zero attached hydrogens (tertiary/aromatic N) is 2. The van der Waals surface area contributed by atoms with Crippen molar-refractivity contribution in [2.45, 2.75) is 33.0 Å². The summed E-state index contributed by atoms with van der Waals surface area (Å²) in [7, 11) is 0. The van der Waals surface area contributed by atoms with Crippen LogP contribution < -0.4 is 10.6 Å². The Morgan fingerprint density at radius 2 is 2.16 bits per heavy atom. The van der Waals surface area contributed by atoms with Gasteiger partial charge in [-0.1, -0.05) is 0 Å². The number of alkyl halides is 3. The minimum absolute atomic E-state index is 0.183. The summed E-state index contributed by atoms with van der Waals surface area (Å²) in [6.45, 7) is 4.58. The predicted octanol–water partition coefficient (Wildman–Crippen LogP) is 2.46. The highest BCUT2D eigenvalue weighted by Gasteiger charge is 2.26. The Bertz CT molecular complexity index is 414. The van der Waals surface area contributed by atoms with E-state index in [9.17, 15) is 13.2 Å². The van der Waals surface area contributed by atoms with Crippen LogP contribution in [0.1, 0.15) is 23.2 Å². The first kappa shape index (κ1) is 15.7. The summed E-state index contributed by atoms with van der Waals surface area (Å²) in [5.41, 5.74) is 0. The summed E-state index contributed by atoms with van der Waals surface area (Å²) in [4.78, 5) is 9.29. The molecule has 0 aliphatic heterocycles. The number of hydrogen-bond acceptors (Lipinski definition) is 3. The van der Waals surface area contributed by atoms with E-state index in [4.69, 9.17) is 0 Å². The first-order chi connectivity index (χ1) is 8.90. The Balaban J connectivity index is 2.46. The molecule has 2 N–H and O–H groups in total. The first-order valence-electron chi connectivity index (χ1n) is 5.91. The molecule has 0 amide bonds. The maximum absolute atomic E-state index is 12.0. The van der Waals surface area contributed by atoms with Crippen molar-refractivity contribution in [1.82, 2.24) is 15.6 Å². The van der Waals surface area contributed by atoms with Gasteiger partial charge in [0.05, 0.1) is 18.0 Å². The molecule has 1 aromatic heterocycles. The van der Waals surface area contributed by atoms with Gasteiger partial charge in [0, 0.05) is 24.2 Å². The molecule has 4 nitrogen and oxygen atoms in total. The number of thiazole rings is 1. The summed E-state index contributed by atoms with van der Waals surface area (Å²) in [5.74, 6) is 0.387. The second-order valence-corrected chi connectivity index (χ2v) is 5.15. The van der Waals surface area contributed by atoms with Gasteiger partial charge in [-0.05, 0) is 13.8 Å². The maximum atomic E-state index is 12.0. The van der Waals surface area contributed by atoms with Gasteiger partial charge in [0.2, 0.25) is 0 Å². The Morgan fingerprint density at radius 1 is 1.42 bits per heavy atom. The summed E-state index contributed by atoms with van der Waals surface area (Å²) in [6.07, 6.45) is -3.31. The SMILES string of the molecule is CCNC(=NCc1cnc(C)s1)NCCC(F)(F)F. The van der Waals surface area contributed by atoms with Crippen molar-refractivity contribution < 1.29 is 13.2 Å². The van der Waals surface area contributed by atoms with E-state index in [0.29, 0.717) is 19.0 Å². The zero-order chi connectivity index (χ0) is 14.3. The zero-order valence-electron chi connectivity index (χ0n) is 10.8. The van der Waals surface area contributed by atoms with Gasteiger partial charge in [0.1, 0.15) is 0 Å². The van der Waals surface area contributed by atoms with Crippen LogP contribution in [0.5, 0.6) is 0 Å². The van der Waals surface area contributed by atoms with Crippen molar-refractivity contribution in [2.24, 2.45) is 4.99 Å². The van der Waals surface area contributed by atoms with Gasteiger partial charge < -0.3 is 10.6 Å². The molecule has 0 fully saturated rings. The standard InChI is InChI=1S/C11H17F3N4S/c1-3-15-10(16-5-4-11(12,13)14)18-7-9-6-17-8(2)19-9/h6H,3-5,7H2,1-2H3,(H2,15,16,18). The second kappa shape index (κ2) is 7.32. The number of aliphatic imine (C=N–C) groups is 1. The van der Waals surface area contributed by atoms with E-state index in [2.05, 4.69) is 20.6 Å². The molecule has 8 heteroatoms.